The van der Waals surface area contributed by atoms with E-state index in [2.05, 4.69) is 10.2 Å². The summed E-state index contributed by atoms with van der Waals surface area (Å²) in [6.07, 6.45) is 3.66. The van der Waals surface area contributed by atoms with Crippen LogP contribution in [0.3, 0.4) is 0 Å². The molecule has 12 heavy (non-hydrogen) atoms. The van der Waals surface area contributed by atoms with E-state index in [0.717, 1.165) is 18.2 Å². The zero-order valence-electron chi connectivity index (χ0n) is 7.19. The molecule has 0 saturated heterocycles. The lowest BCUT2D eigenvalue weighted by molar-refractivity contribution is 0.266. The Kier molecular flexibility index (Phi) is 1.84. The Morgan fingerprint density at radius 3 is 2.58 bits per heavy atom. The number of nitrogens with zero attached hydrogens (tertiary/aromatic N) is 3. The molecule has 0 aromatic carbocycles. The maximum Gasteiger partial charge on any atom is 0.158 e. The van der Waals surface area contributed by atoms with E-state index < -0.39 is 0 Å². The molecule has 66 valence electrons. The van der Waals surface area contributed by atoms with Crippen molar-refractivity contribution in [1.29, 1.82) is 0 Å². The van der Waals surface area contributed by atoms with E-state index in [1.165, 1.54) is 12.8 Å². The molecule has 0 unspecified atom stereocenters. The second-order valence-electron chi connectivity index (χ2n) is 3.40. The van der Waals surface area contributed by atoms with Gasteiger partial charge in [-0.3, -0.25) is 0 Å². The Labute approximate surface area is 71.2 Å². The molecule has 0 bridgehead atoms. The van der Waals surface area contributed by atoms with E-state index in [0.29, 0.717) is 5.82 Å². The van der Waals surface area contributed by atoms with E-state index in [1.807, 2.05) is 11.6 Å². The molecule has 0 amide bonds. The minimum absolute atomic E-state index is 0.0197. The summed E-state index contributed by atoms with van der Waals surface area (Å²) in [5, 5.41) is 16.8. The largest absolute Gasteiger partial charge is 0.388 e. The molecule has 1 saturated carbocycles. The third kappa shape index (κ3) is 1.34. The van der Waals surface area contributed by atoms with Gasteiger partial charge >= 0.3 is 0 Å². The standard InChI is InChI=1S/C8H13N3O/c1-11-7(4-6-2-3-6)9-10-8(11)5-12/h6,12H,2-5H2,1H3. The Morgan fingerprint density at radius 1 is 1.42 bits per heavy atom. The highest BCUT2D eigenvalue weighted by atomic mass is 16.3. The maximum absolute atomic E-state index is 8.86. The first-order valence-electron chi connectivity index (χ1n) is 4.29. The Bertz CT molecular complexity index is 278. The van der Waals surface area contributed by atoms with E-state index in [4.69, 9.17) is 5.11 Å². The topological polar surface area (TPSA) is 50.9 Å². The number of aromatic nitrogens is 3. The fourth-order valence-electron chi connectivity index (χ4n) is 1.29. The molecule has 1 fully saturated rings. The summed E-state index contributed by atoms with van der Waals surface area (Å²) in [6, 6.07) is 0. The normalized spacial score (nSPS) is 16.8. The van der Waals surface area contributed by atoms with Gasteiger partial charge < -0.3 is 9.67 Å². The summed E-state index contributed by atoms with van der Waals surface area (Å²) >= 11 is 0. The summed E-state index contributed by atoms with van der Waals surface area (Å²) in [7, 11) is 1.91. The first kappa shape index (κ1) is 7.73. The van der Waals surface area contributed by atoms with Crippen LogP contribution in [-0.4, -0.2) is 19.9 Å². The van der Waals surface area contributed by atoms with E-state index >= 15 is 0 Å². The maximum atomic E-state index is 8.86. The minimum atomic E-state index is -0.0197. The lowest BCUT2D eigenvalue weighted by Gasteiger charge is -1.99. The van der Waals surface area contributed by atoms with Gasteiger partial charge in [0.15, 0.2) is 5.82 Å². The predicted molar refractivity (Wildman–Crippen MR) is 43.4 cm³/mol. The molecule has 1 aromatic rings. The van der Waals surface area contributed by atoms with Gasteiger partial charge in [-0.15, -0.1) is 10.2 Å². The first-order chi connectivity index (χ1) is 5.81. The average molecular weight is 167 g/mol. The summed E-state index contributed by atoms with van der Waals surface area (Å²) in [6.45, 7) is -0.0197. The monoisotopic (exact) mass is 167 g/mol. The summed E-state index contributed by atoms with van der Waals surface area (Å²) < 4.78 is 1.89. The number of hydrogen-bond acceptors (Lipinski definition) is 3. The van der Waals surface area contributed by atoms with Crippen molar-refractivity contribution in [2.75, 3.05) is 0 Å². The highest BCUT2D eigenvalue weighted by molar-refractivity contribution is 4.97. The molecular weight excluding hydrogens is 154 g/mol. The van der Waals surface area contributed by atoms with Crippen LogP contribution < -0.4 is 0 Å². The third-order valence-electron chi connectivity index (χ3n) is 2.36. The third-order valence-corrected chi connectivity index (χ3v) is 2.36. The van der Waals surface area contributed by atoms with Gasteiger partial charge in [0.1, 0.15) is 12.4 Å². The SMILES string of the molecule is Cn1c(CO)nnc1CC1CC1. The molecule has 4 heteroatoms. The zero-order chi connectivity index (χ0) is 8.55. The van der Waals surface area contributed by atoms with Crippen LogP contribution in [0.5, 0.6) is 0 Å². The van der Waals surface area contributed by atoms with Gasteiger partial charge in [-0.25, -0.2) is 0 Å². The van der Waals surface area contributed by atoms with Crippen LogP contribution in [0.25, 0.3) is 0 Å². The summed E-state index contributed by atoms with van der Waals surface area (Å²) in [5.74, 6) is 2.48. The molecule has 2 rings (SSSR count). The number of aliphatic hydroxyl groups is 1. The molecule has 0 radical (unpaired) electrons. The highest BCUT2D eigenvalue weighted by Crippen LogP contribution is 2.31. The van der Waals surface area contributed by atoms with Gasteiger partial charge in [0.2, 0.25) is 0 Å². The highest BCUT2D eigenvalue weighted by Gasteiger charge is 2.24. The fourth-order valence-corrected chi connectivity index (χ4v) is 1.29. The van der Waals surface area contributed by atoms with Crippen molar-refractivity contribution in [3.63, 3.8) is 0 Å². The van der Waals surface area contributed by atoms with Gasteiger partial charge in [0, 0.05) is 13.5 Å². The van der Waals surface area contributed by atoms with Gasteiger partial charge in [-0.2, -0.15) is 0 Å². The predicted octanol–water partition coefficient (Wildman–Crippen LogP) is 0.260. The van der Waals surface area contributed by atoms with Gasteiger partial charge in [0.25, 0.3) is 0 Å². The second kappa shape index (κ2) is 2.86. The van der Waals surface area contributed by atoms with Crippen molar-refractivity contribution in [3.8, 4) is 0 Å². The van der Waals surface area contributed by atoms with Crippen LogP contribution in [0.15, 0.2) is 0 Å². The van der Waals surface area contributed by atoms with Crippen LogP contribution in [0.1, 0.15) is 24.5 Å². The quantitative estimate of drug-likeness (QED) is 0.702. The van der Waals surface area contributed by atoms with Gasteiger partial charge in [-0.1, -0.05) is 0 Å². The van der Waals surface area contributed by atoms with Crippen LogP contribution in [0.2, 0.25) is 0 Å². The second-order valence-corrected chi connectivity index (χ2v) is 3.40. The van der Waals surface area contributed by atoms with E-state index in [1.54, 1.807) is 0 Å². The van der Waals surface area contributed by atoms with Gasteiger partial charge in [-0.05, 0) is 18.8 Å². The van der Waals surface area contributed by atoms with Crippen LogP contribution >= 0.6 is 0 Å². The molecule has 1 aliphatic rings. The van der Waals surface area contributed by atoms with Crippen molar-refractivity contribution >= 4 is 0 Å². The zero-order valence-corrected chi connectivity index (χ0v) is 7.19. The molecule has 1 aromatic heterocycles. The van der Waals surface area contributed by atoms with E-state index in [-0.39, 0.29) is 6.61 Å². The van der Waals surface area contributed by atoms with Crippen molar-refractivity contribution < 1.29 is 5.11 Å². The molecule has 0 spiro atoms. The molecule has 0 atom stereocenters. The van der Waals surface area contributed by atoms with Crippen molar-refractivity contribution in [1.82, 2.24) is 14.8 Å². The summed E-state index contributed by atoms with van der Waals surface area (Å²) in [5.41, 5.74) is 0. The number of hydrogen-bond donors (Lipinski definition) is 1. The molecule has 1 heterocycles. The molecule has 1 N–H and O–H groups in total. The van der Waals surface area contributed by atoms with Crippen molar-refractivity contribution in [2.45, 2.75) is 25.9 Å². The number of rotatable bonds is 3. The molecular formula is C8H13N3O. The first-order valence-corrected chi connectivity index (χ1v) is 4.29. The Balaban J connectivity index is 2.13. The molecule has 0 aliphatic heterocycles. The number of aliphatic hydroxyl groups excluding tert-OH is 1. The Morgan fingerprint density at radius 2 is 2.08 bits per heavy atom. The minimum Gasteiger partial charge on any atom is -0.388 e. The fraction of sp³-hybridized carbons (Fsp3) is 0.750. The smallest absolute Gasteiger partial charge is 0.158 e. The van der Waals surface area contributed by atoms with Crippen LogP contribution in [-0.2, 0) is 20.1 Å². The van der Waals surface area contributed by atoms with Crippen molar-refractivity contribution in [2.24, 2.45) is 13.0 Å². The van der Waals surface area contributed by atoms with Crippen LogP contribution in [0, 0.1) is 5.92 Å². The lowest BCUT2D eigenvalue weighted by atomic mass is 10.3. The average Bonchev–Trinajstić information content (AvgIpc) is 2.80. The van der Waals surface area contributed by atoms with Crippen molar-refractivity contribution in [3.05, 3.63) is 11.6 Å². The molecule has 4 nitrogen and oxygen atoms in total. The molecule has 1 aliphatic carbocycles. The van der Waals surface area contributed by atoms with E-state index in [9.17, 15) is 0 Å². The Hall–Kier alpha value is -0.900. The summed E-state index contributed by atoms with van der Waals surface area (Å²) in [4.78, 5) is 0. The van der Waals surface area contributed by atoms with Crippen LogP contribution in [0.4, 0.5) is 0 Å². The lowest BCUT2D eigenvalue weighted by Crippen LogP contribution is -2.02. The van der Waals surface area contributed by atoms with Gasteiger partial charge in [0.05, 0.1) is 0 Å².